The summed E-state index contributed by atoms with van der Waals surface area (Å²) in [5, 5.41) is 9.81. The van der Waals surface area contributed by atoms with Gasteiger partial charge in [0.25, 0.3) is 0 Å². The third-order valence-corrected chi connectivity index (χ3v) is 4.57. The van der Waals surface area contributed by atoms with Crippen LogP contribution in [0.15, 0.2) is 16.5 Å². The number of ether oxygens (including phenoxy) is 1. The number of furan rings is 1. The number of piperazine rings is 1. The molecule has 122 valence electrons. The van der Waals surface area contributed by atoms with E-state index in [2.05, 4.69) is 16.7 Å². The van der Waals surface area contributed by atoms with E-state index in [-0.39, 0.29) is 18.7 Å². The van der Waals surface area contributed by atoms with Crippen molar-refractivity contribution in [3.63, 3.8) is 0 Å². The number of rotatable bonds is 4. The smallest absolute Gasteiger partial charge is 0.303 e. The zero-order chi connectivity index (χ0) is 15.7. The van der Waals surface area contributed by atoms with Crippen LogP contribution in [0.3, 0.4) is 0 Å². The van der Waals surface area contributed by atoms with Crippen LogP contribution in [0.1, 0.15) is 31.8 Å². The quantitative estimate of drug-likeness (QED) is 0.837. The SMILES string of the molecule is CC(=O)OCc1ccc(CN2CC3C[C@@H](O)CN3C[C@H]2C)o1. The Kier molecular flexibility index (Phi) is 4.52. The number of esters is 1. The van der Waals surface area contributed by atoms with E-state index in [9.17, 15) is 9.90 Å². The predicted molar refractivity (Wildman–Crippen MR) is 80.0 cm³/mol. The van der Waals surface area contributed by atoms with Crippen LogP contribution in [0.2, 0.25) is 0 Å². The molecule has 3 heterocycles. The molecule has 0 radical (unpaired) electrons. The summed E-state index contributed by atoms with van der Waals surface area (Å²) in [4.78, 5) is 15.6. The number of hydrogen-bond acceptors (Lipinski definition) is 6. The molecule has 6 heteroatoms. The van der Waals surface area contributed by atoms with Crippen LogP contribution in [0.25, 0.3) is 0 Å². The van der Waals surface area contributed by atoms with Crippen LogP contribution in [0.4, 0.5) is 0 Å². The molecule has 1 aromatic heterocycles. The summed E-state index contributed by atoms with van der Waals surface area (Å²) in [7, 11) is 0. The van der Waals surface area contributed by atoms with Crippen molar-refractivity contribution in [1.82, 2.24) is 9.80 Å². The summed E-state index contributed by atoms with van der Waals surface area (Å²) in [5.74, 6) is 1.26. The molecule has 1 unspecified atom stereocenters. The van der Waals surface area contributed by atoms with Crippen molar-refractivity contribution in [2.45, 2.75) is 51.6 Å². The molecule has 0 aliphatic carbocycles. The fourth-order valence-electron chi connectivity index (χ4n) is 3.45. The minimum Gasteiger partial charge on any atom is -0.461 e. The lowest BCUT2D eigenvalue weighted by Gasteiger charge is -2.41. The van der Waals surface area contributed by atoms with Gasteiger partial charge in [-0.25, -0.2) is 0 Å². The lowest BCUT2D eigenvalue weighted by atomic mass is 10.1. The molecule has 2 fully saturated rings. The van der Waals surface area contributed by atoms with Crippen molar-refractivity contribution in [2.75, 3.05) is 19.6 Å². The third kappa shape index (κ3) is 3.51. The van der Waals surface area contributed by atoms with Crippen LogP contribution in [0.5, 0.6) is 0 Å². The summed E-state index contributed by atoms with van der Waals surface area (Å²) in [6, 6.07) is 4.69. The van der Waals surface area contributed by atoms with Gasteiger partial charge in [-0.1, -0.05) is 0 Å². The molecule has 1 N–H and O–H groups in total. The van der Waals surface area contributed by atoms with Crippen LogP contribution in [0, 0.1) is 0 Å². The first-order valence-corrected chi connectivity index (χ1v) is 7.88. The highest BCUT2D eigenvalue weighted by atomic mass is 16.5. The Labute approximate surface area is 130 Å². The Morgan fingerprint density at radius 1 is 1.36 bits per heavy atom. The number of carbonyl (C=O) groups excluding carboxylic acids is 1. The van der Waals surface area contributed by atoms with Gasteiger partial charge in [0.15, 0.2) is 0 Å². The minimum atomic E-state index is -0.303. The molecule has 1 aromatic rings. The summed E-state index contributed by atoms with van der Waals surface area (Å²) < 4.78 is 10.7. The Bertz CT molecular complexity index is 530. The van der Waals surface area contributed by atoms with E-state index in [1.807, 2.05) is 12.1 Å². The second-order valence-electron chi connectivity index (χ2n) is 6.42. The standard InChI is InChI=1S/C16H24N2O4/c1-11-6-18-8-14(20)5-13(18)7-17(11)9-15-3-4-16(22-15)10-21-12(2)19/h3-4,11,13-14,20H,5-10H2,1-2H3/t11-,13?,14-/m1/s1. The van der Waals surface area contributed by atoms with Gasteiger partial charge in [-0.05, 0) is 25.5 Å². The van der Waals surface area contributed by atoms with Crippen molar-refractivity contribution < 1.29 is 19.1 Å². The van der Waals surface area contributed by atoms with E-state index >= 15 is 0 Å². The Morgan fingerprint density at radius 2 is 2.14 bits per heavy atom. The topological polar surface area (TPSA) is 66.2 Å². The lowest BCUT2D eigenvalue weighted by Crippen LogP contribution is -2.54. The van der Waals surface area contributed by atoms with E-state index in [1.165, 1.54) is 6.92 Å². The molecule has 6 nitrogen and oxygen atoms in total. The maximum Gasteiger partial charge on any atom is 0.303 e. The van der Waals surface area contributed by atoms with Crippen molar-refractivity contribution in [1.29, 1.82) is 0 Å². The first-order chi connectivity index (χ1) is 10.5. The number of hydrogen-bond donors (Lipinski definition) is 1. The third-order valence-electron chi connectivity index (χ3n) is 4.57. The number of carbonyl (C=O) groups is 1. The number of aliphatic hydroxyl groups excluding tert-OH is 1. The highest BCUT2D eigenvalue weighted by Gasteiger charge is 2.38. The number of nitrogens with zero attached hydrogens (tertiary/aromatic N) is 2. The molecule has 3 rings (SSSR count). The first-order valence-electron chi connectivity index (χ1n) is 7.88. The van der Waals surface area contributed by atoms with Gasteiger partial charge in [0.1, 0.15) is 18.1 Å². The molecule has 0 aromatic carbocycles. The second-order valence-corrected chi connectivity index (χ2v) is 6.42. The second kappa shape index (κ2) is 6.40. The normalized spacial score (nSPS) is 29.5. The highest BCUT2D eigenvalue weighted by Crippen LogP contribution is 2.26. The predicted octanol–water partition coefficient (Wildman–Crippen LogP) is 0.982. The van der Waals surface area contributed by atoms with Crippen molar-refractivity contribution in [2.24, 2.45) is 0 Å². The van der Waals surface area contributed by atoms with E-state index < -0.39 is 0 Å². The Hall–Kier alpha value is -1.37. The van der Waals surface area contributed by atoms with E-state index in [4.69, 9.17) is 9.15 Å². The molecule has 0 spiro atoms. The molecule has 22 heavy (non-hydrogen) atoms. The van der Waals surface area contributed by atoms with Crippen LogP contribution in [-0.2, 0) is 22.7 Å². The van der Waals surface area contributed by atoms with Gasteiger partial charge in [-0.2, -0.15) is 0 Å². The summed E-state index contributed by atoms with van der Waals surface area (Å²) in [6.07, 6.45) is 0.676. The maximum absolute atomic E-state index is 10.8. The summed E-state index contributed by atoms with van der Waals surface area (Å²) >= 11 is 0. The van der Waals surface area contributed by atoms with Crippen LogP contribution in [-0.4, -0.2) is 58.7 Å². The van der Waals surface area contributed by atoms with Gasteiger partial charge in [0.2, 0.25) is 0 Å². The van der Waals surface area contributed by atoms with Crippen molar-refractivity contribution in [3.05, 3.63) is 23.7 Å². The average molecular weight is 308 g/mol. The minimum absolute atomic E-state index is 0.184. The van der Waals surface area contributed by atoms with Gasteiger partial charge < -0.3 is 14.3 Å². The van der Waals surface area contributed by atoms with E-state index in [0.717, 1.165) is 38.4 Å². The van der Waals surface area contributed by atoms with E-state index in [0.29, 0.717) is 17.8 Å². The first kappa shape index (κ1) is 15.5. The number of aliphatic hydroxyl groups is 1. The Morgan fingerprint density at radius 3 is 2.91 bits per heavy atom. The van der Waals surface area contributed by atoms with E-state index in [1.54, 1.807) is 0 Å². The monoisotopic (exact) mass is 308 g/mol. The van der Waals surface area contributed by atoms with Gasteiger partial charge in [-0.15, -0.1) is 0 Å². The zero-order valence-corrected chi connectivity index (χ0v) is 13.2. The molecule has 2 aliphatic rings. The van der Waals surface area contributed by atoms with Crippen molar-refractivity contribution in [3.8, 4) is 0 Å². The van der Waals surface area contributed by atoms with Crippen molar-refractivity contribution >= 4 is 5.97 Å². The molecule has 3 atom stereocenters. The van der Waals surface area contributed by atoms with Gasteiger partial charge >= 0.3 is 5.97 Å². The average Bonchev–Trinajstić information content (AvgIpc) is 3.02. The molecule has 0 amide bonds. The van der Waals surface area contributed by atoms with Gasteiger partial charge in [0.05, 0.1) is 12.6 Å². The highest BCUT2D eigenvalue weighted by molar-refractivity contribution is 5.65. The lowest BCUT2D eigenvalue weighted by molar-refractivity contribution is -0.142. The molecule has 0 saturated carbocycles. The summed E-state index contributed by atoms with van der Waals surface area (Å²) in [6.45, 7) is 7.29. The largest absolute Gasteiger partial charge is 0.461 e. The molecule has 0 bridgehead atoms. The van der Waals surface area contributed by atoms with Crippen LogP contribution < -0.4 is 0 Å². The fourth-order valence-corrected chi connectivity index (χ4v) is 3.45. The molecule has 2 saturated heterocycles. The maximum atomic E-state index is 10.8. The molecule has 2 aliphatic heterocycles. The van der Waals surface area contributed by atoms with Crippen LogP contribution >= 0.6 is 0 Å². The molecular formula is C16H24N2O4. The molecular weight excluding hydrogens is 284 g/mol. The van der Waals surface area contributed by atoms with Gasteiger partial charge in [0, 0.05) is 38.6 Å². The fraction of sp³-hybridized carbons (Fsp3) is 0.688. The zero-order valence-electron chi connectivity index (χ0n) is 13.2. The number of fused-ring (bicyclic) bond motifs is 1. The Balaban J connectivity index is 1.57. The summed E-state index contributed by atoms with van der Waals surface area (Å²) in [5.41, 5.74) is 0. The van der Waals surface area contributed by atoms with Gasteiger partial charge in [-0.3, -0.25) is 14.6 Å².